The topological polar surface area (TPSA) is 32.3 Å². The van der Waals surface area contributed by atoms with Crippen molar-refractivity contribution in [1.82, 2.24) is 4.90 Å². The summed E-state index contributed by atoms with van der Waals surface area (Å²) in [5.74, 6) is -0.306. The van der Waals surface area contributed by atoms with Gasteiger partial charge in [0, 0.05) is 23.0 Å². The van der Waals surface area contributed by atoms with E-state index in [-0.39, 0.29) is 17.6 Å². The first-order chi connectivity index (χ1) is 12.0. The van der Waals surface area contributed by atoms with E-state index < -0.39 is 0 Å². The number of nitrogens with one attached hydrogen (secondary N) is 1. The van der Waals surface area contributed by atoms with Crippen molar-refractivity contribution in [3.63, 3.8) is 0 Å². The molecule has 25 heavy (non-hydrogen) atoms. The molecule has 1 aliphatic rings. The number of piperidine rings is 1. The lowest BCUT2D eigenvalue weighted by Gasteiger charge is -2.31. The first-order valence-electron chi connectivity index (χ1n) is 8.24. The van der Waals surface area contributed by atoms with E-state index in [9.17, 15) is 9.18 Å². The van der Waals surface area contributed by atoms with E-state index in [0.29, 0.717) is 27.8 Å². The number of nitrogens with zero attached hydrogens (tertiary/aromatic N) is 1. The zero-order valence-corrected chi connectivity index (χ0v) is 15.2. The number of anilines is 1. The largest absolute Gasteiger partial charge is 0.324 e. The molecule has 2 aromatic rings. The lowest BCUT2D eigenvalue weighted by Crippen LogP contribution is -2.38. The quantitative estimate of drug-likeness (QED) is 0.810. The monoisotopic (exact) mass is 380 g/mol. The van der Waals surface area contributed by atoms with Gasteiger partial charge in [0.15, 0.2) is 0 Å². The Morgan fingerprint density at radius 1 is 1.16 bits per heavy atom. The van der Waals surface area contributed by atoms with Crippen molar-refractivity contribution in [3.05, 3.63) is 63.9 Å². The molecule has 3 nitrogen and oxygen atoms in total. The van der Waals surface area contributed by atoms with Gasteiger partial charge < -0.3 is 5.32 Å². The van der Waals surface area contributed by atoms with Crippen molar-refractivity contribution in [2.75, 3.05) is 18.4 Å². The van der Waals surface area contributed by atoms with E-state index in [0.717, 1.165) is 25.9 Å². The lowest BCUT2D eigenvalue weighted by atomic mass is 9.95. The van der Waals surface area contributed by atoms with Gasteiger partial charge >= 0.3 is 0 Å². The van der Waals surface area contributed by atoms with Gasteiger partial charge in [0.2, 0.25) is 5.91 Å². The minimum atomic E-state index is -0.182. The molecule has 1 saturated heterocycles. The van der Waals surface area contributed by atoms with Crippen molar-refractivity contribution in [2.24, 2.45) is 5.92 Å². The number of carbonyl (C=O) groups is 1. The molecule has 0 bridgehead atoms. The molecule has 0 radical (unpaired) electrons. The highest BCUT2D eigenvalue weighted by atomic mass is 35.5. The second-order valence-electron chi connectivity index (χ2n) is 6.26. The summed E-state index contributed by atoms with van der Waals surface area (Å²) >= 11 is 12.0. The molecule has 6 heteroatoms. The molecule has 3 rings (SSSR count). The molecule has 0 unspecified atom stereocenters. The fourth-order valence-electron chi connectivity index (χ4n) is 3.05. The molecular formula is C19H19Cl2FN2O. The second kappa shape index (κ2) is 8.17. The van der Waals surface area contributed by atoms with Crippen LogP contribution in [0.15, 0.2) is 42.5 Å². The van der Waals surface area contributed by atoms with Crippen LogP contribution in [0.2, 0.25) is 10.0 Å². The standard InChI is InChI=1S/C19H19Cl2FN2O/c20-15-5-6-16(21)18(11-15)23-19(25)13-7-9-24(10-8-13)12-14-3-1-2-4-17(14)22/h1-6,11,13H,7-10,12H2,(H,23,25). The molecule has 0 aromatic heterocycles. The first kappa shape index (κ1) is 18.2. The summed E-state index contributed by atoms with van der Waals surface area (Å²) in [6, 6.07) is 11.8. The van der Waals surface area contributed by atoms with Gasteiger partial charge in [-0.05, 0) is 50.2 Å². The molecule has 2 aromatic carbocycles. The fourth-order valence-corrected chi connectivity index (χ4v) is 3.39. The molecule has 0 spiro atoms. The van der Waals surface area contributed by atoms with E-state index in [2.05, 4.69) is 10.2 Å². The van der Waals surface area contributed by atoms with Gasteiger partial charge in [0.25, 0.3) is 0 Å². The van der Waals surface area contributed by atoms with Crippen molar-refractivity contribution in [1.29, 1.82) is 0 Å². The summed E-state index contributed by atoms with van der Waals surface area (Å²) in [6.45, 7) is 2.09. The zero-order valence-electron chi connectivity index (χ0n) is 13.6. The fraction of sp³-hybridized carbons (Fsp3) is 0.316. The van der Waals surface area contributed by atoms with Crippen molar-refractivity contribution in [2.45, 2.75) is 19.4 Å². The van der Waals surface area contributed by atoms with Crippen LogP contribution in [0.1, 0.15) is 18.4 Å². The van der Waals surface area contributed by atoms with E-state index in [1.54, 1.807) is 30.3 Å². The molecule has 1 heterocycles. The maximum atomic E-state index is 13.7. The Morgan fingerprint density at radius 3 is 2.60 bits per heavy atom. The smallest absolute Gasteiger partial charge is 0.227 e. The van der Waals surface area contributed by atoms with E-state index in [1.165, 1.54) is 6.07 Å². The highest BCUT2D eigenvalue weighted by Crippen LogP contribution is 2.27. The minimum Gasteiger partial charge on any atom is -0.324 e. The van der Waals surface area contributed by atoms with E-state index in [4.69, 9.17) is 23.2 Å². The van der Waals surface area contributed by atoms with E-state index >= 15 is 0 Å². The number of carbonyl (C=O) groups excluding carboxylic acids is 1. The Morgan fingerprint density at radius 2 is 1.88 bits per heavy atom. The Bertz CT molecular complexity index is 761. The molecule has 0 saturated carbocycles. The molecule has 132 valence electrons. The van der Waals surface area contributed by atoms with Gasteiger partial charge in [-0.3, -0.25) is 9.69 Å². The summed E-state index contributed by atoms with van der Waals surface area (Å²) in [4.78, 5) is 14.6. The second-order valence-corrected chi connectivity index (χ2v) is 7.10. The van der Waals surface area contributed by atoms with E-state index in [1.807, 2.05) is 6.07 Å². The Hall–Kier alpha value is -1.62. The maximum Gasteiger partial charge on any atom is 0.227 e. The SMILES string of the molecule is O=C(Nc1cc(Cl)ccc1Cl)C1CCN(Cc2ccccc2F)CC1. The van der Waals surface area contributed by atoms with Gasteiger partial charge in [-0.2, -0.15) is 0 Å². The highest BCUT2D eigenvalue weighted by Gasteiger charge is 2.25. The minimum absolute atomic E-state index is 0.0466. The first-order valence-corrected chi connectivity index (χ1v) is 9.00. The number of halogens is 3. The Kier molecular flexibility index (Phi) is 5.94. The molecular weight excluding hydrogens is 362 g/mol. The summed E-state index contributed by atoms with van der Waals surface area (Å²) in [5.41, 5.74) is 1.23. The number of hydrogen-bond donors (Lipinski definition) is 1. The van der Waals surface area contributed by atoms with Crippen LogP contribution in [0.5, 0.6) is 0 Å². The zero-order chi connectivity index (χ0) is 17.8. The Balaban J connectivity index is 1.54. The van der Waals surface area contributed by atoms with Gasteiger partial charge in [0.1, 0.15) is 5.82 Å². The molecule has 1 fully saturated rings. The van der Waals surface area contributed by atoms with Crippen molar-refractivity contribution in [3.8, 4) is 0 Å². The van der Waals surface area contributed by atoms with Gasteiger partial charge in [-0.25, -0.2) is 4.39 Å². The molecule has 1 amide bonds. The number of likely N-dealkylation sites (tertiary alicyclic amines) is 1. The summed E-state index contributed by atoms with van der Waals surface area (Å²) in [7, 11) is 0. The van der Waals surface area contributed by atoms with Crippen LogP contribution in [0.25, 0.3) is 0 Å². The predicted molar refractivity (Wildman–Crippen MR) is 99.5 cm³/mol. The molecule has 0 atom stereocenters. The van der Waals surface area contributed by atoms with Crippen LogP contribution in [0.3, 0.4) is 0 Å². The van der Waals surface area contributed by atoms with Crippen LogP contribution in [0, 0.1) is 11.7 Å². The summed E-state index contributed by atoms with van der Waals surface area (Å²) in [5, 5.41) is 3.86. The van der Waals surface area contributed by atoms with Gasteiger partial charge in [-0.15, -0.1) is 0 Å². The van der Waals surface area contributed by atoms with Crippen molar-refractivity contribution < 1.29 is 9.18 Å². The third-order valence-electron chi connectivity index (χ3n) is 4.50. The lowest BCUT2D eigenvalue weighted by molar-refractivity contribution is -0.121. The van der Waals surface area contributed by atoms with Crippen LogP contribution in [-0.2, 0) is 11.3 Å². The van der Waals surface area contributed by atoms with Crippen LogP contribution in [-0.4, -0.2) is 23.9 Å². The third kappa shape index (κ3) is 4.72. The molecule has 1 aliphatic heterocycles. The van der Waals surface area contributed by atoms with Crippen molar-refractivity contribution >= 4 is 34.8 Å². The summed E-state index contributed by atoms with van der Waals surface area (Å²) < 4.78 is 13.7. The average Bonchev–Trinajstić information content (AvgIpc) is 2.61. The molecule has 1 N–H and O–H groups in total. The number of rotatable bonds is 4. The van der Waals surface area contributed by atoms with Gasteiger partial charge in [-0.1, -0.05) is 41.4 Å². The number of amides is 1. The normalized spacial score (nSPS) is 16.0. The number of hydrogen-bond acceptors (Lipinski definition) is 2. The molecule has 0 aliphatic carbocycles. The van der Waals surface area contributed by atoms with Crippen LogP contribution in [0.4, 0.5) is 10.1 Å². The van der Waals surface area contributed by atoms with Crippen LogP contribution >= 0.6 is 23.2 Å². The summed E-state index contributed by atoms with van der Waals surface area (Å²) in [6.07, 6.45) is 1.47. The van der Waals surface area contributed by atoms with Gasteiger partial charge in [0.05, 0.1) is 10.7 Å². The average molecular weight is 381 g/mol. The third-order valence-corrected chi connectivity index (χ3v) is 5.06. The van der Waals surface area contributed by atoms with Crippen LogP contribution < -0.4 is 5.32 Å². The Labute approximate surface area is 156 Å². The predicted octanol–water partition coefficient (Wildman–Crippen LogP) is 4.98. The highest BCUT2D eigenvalue weighted by molar-refractivity contribution is 6.35. The number of benzene rings is 2. The maximum absolute atomic E-state index is 13.7.